The molecule has 3 aromatic carbocycles. The summed E-state index contributed by atoms with van der Waals surface area (Å²) in [5.41, 5.74) is 2.13. The average molecular weight is 361 g/mol. The molecule has 1 aliphatic rings. The maximum atomic E-state index is 13.3. The van der Waals surface area contributed by atoms with Gasteiger partial charge in [-0.1, -0.05) is 60.2 Å². The molecule has 0 spiro atoms. The van der Waals surface area contributed by atoms with Crippen LogP contribution in [0.1, 0.15) is 27.0 Å². The van der Waals surface area contributed by atoms with E-state index in [0.717, 1.165) is 27.5 Å². The Labute approximate surface area is 159 Å². The Morgan fingerprint density at radius 2 is 1.74 bits per heavy atom. The van der Waals surface area contributed by atoms with Gasteiger partial charge in [-0.25, -0.2) is 0 Å². The summed E-state index contributed by atoms with van der Waals surface area (Å²) in [5.74, 6) is -0.161. The quantitative estimate of drug-likeness (QED) is 0.755. The number of aryl methyl sites for hydroxylation is 1. The fourth-order valence-electron chi connectivity index (χ4n) is 3.96. The Bertz CT molecular complexity index is 991. The van der Waals surface area contributed by atoms with Gasteiger partial charge in [0, 0.05) is 36.6 Å². The van der Waals surface area contributed by atoms with Gasteiger partial charge in [-0.15, -0.1) is 0 Å². The van der Waals surface area contributed by atoms with E-state index in [1.54, 1.807) is 12.0 Å². The molecule has 1 unspecified atom stereocenters. The minimum Gasteiger partial charge on any atom is -0.383 e. The molecule has 0 aliphatic carbocycles. The standard InChI is InChI=1S/C23H23NO3/c1-16-9-11-17(12-10-16)15-23(26)20-8-4-6-18-5-3-7-19(21(18)20)22(25)24(23)13-14-27-2/h3-12,26H,13-15H2,1-2H3. The third kappa shape index (κ3) is 2.91. The summed E-state index contributed by atoms with van der Waals surface area (Å²) < 4.78 is 5.21. The van der Waals surface area contributed by atoms with Crippen molar-refractivity contribution in [2.75, 3.05) is 20.3 Å². The number of carbonyl (C=O) groups is 1. The van der Waals surface area contributed by atoms with Gasteiger partial charge in [-0.05, 0) is 23.9 Å². The topological polar surface area (TPSA) is 49.8 Å². The minimum atomic E-state index is -1.42. The van der Waals surface area contributed by atoms with Gasteiger partial charge in [0.1, 0.15) is 0 Å². The highest BCUT2D eigenvalue weighted by Crippen LogP contribution is 2.41. The van der Waals surface area contributed by atoms with Crippen molar-refractivity contribution < 1.29 is 14.6 Å². The fourth-order valence-corrected chi connectivity index (χ4v) is 3.96. The minimum absolute atomic E-state index is 0.161. The number of nitrogens with zero attached hydrogens (tertiary/aromatic N) is 1. The van der Waals surface area contributed by atoms with Crippen molar-refractivity contribution >= 4 is 16.7 Å². The van der Waals surface area contributed by atoms with E-state index >= 15 is 0 Å². The summed E-state index contributed by atoms with van der Waals surface area (Å²) in [6, 6.07) is 19.6. The van der Waals surface area contributed by atoms with Crippen LogP contribution in [-0.2, 0) is 16.9 Å². The number of carbonyl (C=O) groups excluding carboxylic acids is 1. The molecule has 1 aliphatic heterocycles. The van der Waals surface area contributed by atoms with E-state index in [0.29, 0.717) is 25.1 Å². The molecule has 0 bridgehead atoms. The monoisotopic (exact) mass is 361 g/mol. The van der Waals surface area contributed by atoms with Crippen molar-refractivity contribution in [1.82, 2.24) is 4.90 Å². The van der Waals surface area contributed by atoms with Crippen LogP contribution in [0.5, 0.6) is 0 Å². The number of aliphatic hydroxyl groups is 1. The second-order valence-electron chi connectivity index (χ2n) is 7.14. The zero-order valence-electron chi connectivity index (χ0n) is 15.6. The molecule has 1 heterocycles. The smallest absolute Gasteiger partial charge is 0.257 e. The molecule has 1 N–H and O–H groups in total. The molecule has 0 fully saturated rings. The summed E-state index contributed by atoms with van der Waals surface area (Å²) in [6.07, 6.45) is 0.330. The van der Waals surface area contributed by atoms with Crippen molar-refractivity contribution in [2.45, 2.75) is 19.1 Å². The average Bonchev–Trinajstić information content (AvgIpc) is 2.68. The molecule has 0 saturated heterocycles. The number of amides is 1. The Morgan fingerprint density at radius 1 is 1.04 bits per heavy atom. The van der Waals surface area contributed by atoms with Gasteiger partial charge in [0.05, 0.1) is 6.61 Å². The highest BCUT2D eigenvalue weighted by molar-refractivity contribution is 6.10. The predicted octanol–water partition coefficient (Wildman–Crippen LogP) is 3.64. The normalized spacial score (nSPS) is 18.9. The van der Waals surface area contributed by atoms with Gasteiger partial charge in [0.2, 0.25) is 0 Å². The highest BCUT2D eigenvalue weighted by Gasteiger charge is 2.45. The lowest BCUT2D eigenvalue weighted by Crippen LogP contribution is -2.54. The Balaban J connectivity index is 1.90. The SMILES string of the molecule is COCCN1C(=O)c2cccc3cccc(c23)C1(O)Cc1ccc(C)cc1. The van der Waals surface area contributed by atoms with Gasteiger partial charge in [0.25, 0.3) is 5.91 Å². The molecule has 1 atom stereocenters. The fraction of sp³-hybridized carbons (Fsp3) is 0.261. The molecule has 0 radical (unpaired) electrons. The van der Waals surface area contributed by atoms with E-state index in [1.807, 2.05) is 67.6 Å². The first-order valence-corrected chi connectivity index (χ1v) is 9.15. The number of methoxy groups -OCH3 is 1. The van der Waals surface area contributed by atoms with Crippen LogP contribution in [0.25, 0.3) is 10.8 Å². The molecule has 0 aromatic heterocycles. The molecular weight excluding hydrogens is 338 g/mol. The zero-order valence-corrected chi connectivity index (χ0v) is 15.6. The molecule has 3 aromatic rings. The first kappa shape index (κ1) is 17.7. The van der Waals surface area contributed by atoms with E-state index in [9.17, 15) is 9.90 Å². The molecule has 0 saturated carbocycles. The van der Waals surface area contributed by atoms with Crippen molar-refractivity contribution in [2.24, 2.45) is 0 Å². The van der Waals surface area contributed by atoms with E-state index in [2.05, 4.69) is 0 Å². The highest BCUT2D eigenvalue weighted by atomic mass is 16.5. The van der Waals surface area contributed by atoms with Crippen LogP contribution in [-0.4, -0.2) is 36.2 Å². The number of hydrogen-bond donors (Lipinski definition) is 1. The van der Waals surface area contributed by atoms with Crippen molar-refractivity contribution in [3.8, 4) is 0 Å². The third-order valence-electron chi connectivity index (χ3n) is 5.35. The van der Waals surface area contributed by atoms with Gasteiger partial charge in [-0.2, -0.15) is 0 Å². The van der Waals surface area contributed by atoms with E-state index in [1.165, 1.54) is 0 Å². The van der Waals surface area contributed by atoms with Crippen LogP contribution in [0.15, 0.2) is 60.7 Å². The van der Waals surface area contributed by atoms with E-state index < -0.39 is 5.72 Å². The summed E-state index contributed by atoms with van der Waals surface area (Å²) in [7, 11) is 1.60. The molecular formula is C23H23NO3. The van der Waals surface area contributed by atoms with Gasteiger partial charge in [0.15, 0.2) is 5.72 Å². The van der Waals surface area contributed by atoms with Gasteiger partial charge >= 0.3 is 0 Å². The Morgan fingerprint density at radius 3 is 2.44 bits per heavy atom. The Kier molecular flexibility index (Phi) is 4.46. The lowest BCUT2D eigenvalue weighted by molar-refractivity contribution is -0.1000. The molecule has 4 nitrogen and oxygen atoms in total. The van der Waals surface area contributed by atoms with Gasteiger partial charge < -0.3 is 14.7 Å². The summed E-state index contributed by atoms with van der Waals surface area (Å²) in [6.45, 7) is 2.72. The summed E-state index contributed by atoms with van der Waals surface area (Å²) in [4.78, 5) is 14.8. The number of rotatable bonds is 5. The maximum absolute atomic E-state index is 13.3. The Hall–Kier alpha value is -2.69. The van der Waals surface area contributed by atoms with Crippen LogP contribution < -0.4 is 0 Å². The number of hydrogen-bond acceptors (Lipinski definition) is 3. The predicted molar refractivity (Wildman–Crippen MR) is 106 cm³/mol. The van der Waals surface area contributed by atoms with Crippen LogP contribution >= 0.6 is 0 Å². The largest absolute Gasteiger partial charge is 0.383 e. The molecule has 138 valence electrons. The van der Waals surface area contributed by atoms with E-state index in [-0.39, 0.29) is 5.91 Å². The van der Waals surface area contributed by atoms with Crippen LogP contribution in [0.2, 0.25) is 0 Å². The van der Waals surface area contributed by atoms with Crippen molar-refractivity contribution in [3.05, 3.63) is 82.9 Å². The molecule has 1 amide bonds. The number of ether oxygens (including phenoxy) is 1. The second kappa shape index (κ2) is 6.80. The lowest BCUT2D eigenvalue weighted by Gasteiger charge is -2.44. The van der Waals surface area contributed by atoms with Crippen LogP contribution in [0.3, 0.4) is 0 Å². The molecule has 4 rings (SSSR count). The summed E-state index contributed by atoms with van der Waals surface area (Å²) in [5, 5.41) is 13.7. The van der Waals surface area contributed by atoms with Crippen LogP contribution in [0.4, 0.5) is 0 Å². The van der Waals surface area contributed by atoms with Crippen molar-refractivity contribution in [3.63, 3.8) is 0 Å². The number of benzene rings is 3. The lowest BCUT2D eigenvalue weighted by atomic mass is 9.83. The first-order valence-electron chi connectivity index (χ1n) is 9.15. The van der Waals surface area contributed by atoms with Crippen molar-refractivity contribution in [1.29, 1.82) is 0 Å². The van der Waals surface area contributed by atoms with Crippen LogP contribution in [0, 0.1) is 6.92 Å². The first-order chi connectivity index (χ1) is 13.0. The summed E-state index contributed by atoms with van der Waals surface area (Å²) >= 11 is 0. The van der Waals surface area contributed by atoms with Gasteiger partial charge in [-0.3, -0.25) is 4.79 Å². The molecule has 4 heteroatoms. The molecule has 27 heavy (non-hydrogen) atoms. The maximum Gasteiger partial charge on any atom is 0.257 e. The van der Waals surface area contributed by atoms with E-state index in [4.69, 9.17) is 4.74 Å². The second-order valence-corrected chi connectivity index (χ2v) is 7.14. The zero-order chi connectivity index (χ0) is 19.0. The third-order valence-corrected chi connectivity index (χ3v) is 5.35.